The van der Waals surface area contributed by atoms with Gasteiger partial charge < -0.3 is 24.8 Å². The second-order valence-electron chi connectivity index (χ2n) is 14.2. The van der Waals surface area contributed by atoms with Gasteiger partial charge in [-0.2, -0.15) is 0 Å². The maximum atomic E-state index is 13.8. The quantitative estimate of drug-likeness (QED) is 0.256. The zero-order chi connectivity index (χ0) is 33.9. The molecular formula is C38H52FN3O7. The molecule has 268 valence electrons. The maximum absolute atomic E-state index is 13.8. The molecule has 3 heterocycles. The molecule has 5 aliphatic rings. The monoisotopic (exact) mass is 681 g/mol. The van der Waals surface area contributed by atoms with Crippen LogP contribution in [0.1, 0.15) is 73.2 Å². The third-order valence-corrected chi connectivity index (χ3v) is 10.6. The van der Waals surface area contributed by atoms with Gasteiger partial charge in [0.25, 0.3) is 5.91 Å². The SMILES string of the molecule is O=C(NCCCNC(=O)C12CC3COCCC(c4ccc(OCCN5CCOCC5)cc4)CCOOC(CC(C3)C1)C2)c1ccc(F)cc1. The first-order valence-electron chi connectivity index (χ1n) is 18.2. The number of fused-ring (bicyclic) bond motifs is 8. The summed E-state index contributed by atoms with van der Waals surface area (Å²) in [4.78, 5) is 40.3. The largest absolute Gasteiger partial charge is 0.492 e. The van der Waals surface area contributed by atoms with E-state index in [2.05, 4.69) is 39.8 Å². The van der Waals surface area contributed by atoms with Gasteiger partial charge in [0.1, 0.15) is 18.2 Å². The van der Waals surface area contributed by atoms with E-state index in [-0.39, 0.29) is 29.7 Å². The van der Waals surface area contributed by atoms with E-state index >= 15 is 0 Å². The highest BCUT2D eigenvalue weighted by atomic mass is 19.1. The van der Waals surface area contributed by atoms with Gasteiger partial charge in [-0.15, -0.1) is 0 Å². The Morgan fingerprint density at radius 3 is 2.43 bits per heavy atom. The highest BCUT2D eigenvalue weighted by Crippen LogP contribution is 2.52. The molecule has 2 aliphatic carbocycles. The van der Waals surface area contributed by atoms with E-state index in [1.165, 1.54) is 29.8 Å². The predicted octanol–water partition coefficient (Wildman–Crippen LogP) is 4.88. The van der Waals surface area contributed by atoms with Gasteiger partial charge in [-0.05, 0) is 111 Å². The smallest absolute Gasteiger partial charge is 0.251 e. The molecule has 5 fully saturated rings. The molecule has 3 saturated heterocycles. The maximum Gasteiger partial charge on any atom is 0.251 e. The fourth-order valence-corrected chi connectivity index (χ4v) is 8.17. The molecule has 2 N–H and O–H groups in total. The molecule has 2 amide bonds. The van der Waals surface area contributed by atoms with E-state index in [1.54, 1.807) is 0 Å². The molecule has 3 aliphatic heterocycles. The Morgan fingerprint density at radius 1 is 0.857 bits per heavy atom. The molecule has 0 spiro atoms. The zero-order valence-corrected chi connectivity index (χ0v) is 28.5. The minimum Gasteiger partial charge on any atom is -0.492 e. The van der Waals surface area contributed by atoms with Gasteiger partial charge >= 0.3 is 0 Å². The van der Waals surface area contributed by atoms with Crippen LogP contribution in [-0.2, 0) is 24.0 Å². The summed E-state index contributed by atoms with van der Waals surface area (Å²) in [5.41, 5.74) is 1.14. The van der Waals surface area contributed by atoms with Crippen LogP contribution in [0.3, 0.4) is 0 Å². The van der Waals surface area contributed by atoms with Gasteiger partial charge in [0.2, 0.25) is 5.91 Å². The zero-order valence-electron chi connectivity index (χ0n) is 28.5. The van der Waals surface area contributed by atoms with Gasteiger partial charge in [-0.25, -0.2) is 14.2 Å². The minimum atomic E-state index is -0.515. The summed E-state index contributed by atoms with van der Waals surface area (Å²) in [6, 6.07) is 13.9. The third kappa shape index (κ3) is 10.2. The Balaban J connectivity index is 0.968. The lowest BCUT2D eigenvalue weighted by Gasteiger charge is -2.49. The van der Waals surface area contributed by atoms with E-state index in [9.17, 15) is 14.0 Å². The van der Waals surface area contributed by atoms with E-state index in [0.29, 0.717) is 69.8 Å². The van der Waals surface area contributed by atoms with Crippen LogP contribution >= 0.6 is 0 Å². The molecule has 0 radical (unpaired) electrons. The lowest BCUT2D eigenvalue weighted by molar-refractivity contribution is -0.338. The van der Waals surface area contributed by atoms with Crippen LogP contribution < -0.4 is 15.4 Å². The Morgan fingerprint density at radius 2 is 1.61 bits per heavy atom. The van der Waals surface area contributed by atoms with Crippen LogP contribution in [-0.4, -0.2) is 95.2 Å². The molecule has 11 heteroatoms. The number of nitrogens with zero attached hydrogens (tertiary/aromatic N) is 1. The van der Waals surface area contributed by atoms with Crippen LogP contribution in [0.4, 0.5) is 4.39 Å². The summed E-state index contributed by atoms with van der Waals surface area (Å²) in [6.45, 7) is 7.72. The van der Waals surface area contributed by atoms with Crippen LogP contribution in [0.5, 0.6) is 5.75 Å². The van der Waals surface area contributed by atoms with Gasteiger partial charge in [-0.1, -0.05) is 12.1 Å². The average molecular weight is 682 g/mol. The van der Waals surface area contributed by atoms with Crippen molar-refractivity contribution in [2.45, 2.75) is 63.4 Å². The summed E-state index contributed by atoms with van der Waals surface area (Å²) in [6.07, 6.45) is 6.32. The van der Waals surface area contributed by atoms with Crippen LogP contribution in [0.25, 0.3) is 0 Å². The highest BCUT2D eigenvalue weighted by molar-refractivity contribution is 5.94. The normalized spacial score (nSPS) is 28.0. The Labute approximate surface area is 289 Å². The standard InChI is InChI=1S/C38H52FN3O7/c39-33-6-2-32(3-7-33)36(43)40-12-1-13-41-37(44)38-24-28-22-29(25-38)27-46-17-10-31(11-18-48-49-35(23-28)26-38)30-4-8-34(9-5-30)47-21-16-42-14-19-45-20-15-42/h2-9,28-29,31,35H,1,10-27H2,(H,40,43)(H,41,44). The number of hydrogen-bond donors (Lipinski definition) is 2. The van der Waals surface area contributed by atoms with Gasteiger partial charge in [-0.3, -0.25) is 14.5 Å². The van der Waals surface area contributed by atoms with Crippen molar-refractivity contribution in [1.29, 1.82) is 0 Å². The van der Waals surface area contributed by atoms with Crippen molar-refractivity contribution in [3.05, 3.63) is 65.5 Å². The van der Waals surface area contributed by atoms with Crippen molar-refractivity contribution in [3.63, 3.8) is 0 Å². The topological polar surface area (TPSA) is 108 Å². The summed E-state index contributed by atoms with van der Waals surface area (Å²) in [7, 11) is 0. The number of benzene rings is 2. The fourth-order valence-electron chi connectivity index (χ4n) is 8.17. The van der Waals surface area contributed by atoms with Crippen molar-refractivity contribution < 1.29 is 38.0 Å². The average Bonchev–Trinajstić information content (AvgIpc) is 3.11. The Hall–Kier alpha value is -3.09. The van der Waals surface area contributed by atoms with E-state index in [1.807, 2.05) is 0 Å². The molecule has 4 bridgehead atoms. The number of ether oxygens (including phenoxy) is 3. The Bertz CT molecular complexity index is 1310. The second-order valence-corrected chi connectivity index (χ2v) is 14.2. The van der Waals surface area contributed by atoms with Crippen LogP contribution in [0.15, 0.2) is 48.5 Å². The minimum absolute atomic E-state index is 0.0565. The second kappa shape index (κ2) is 17.7. The summed E-state index contributed by atoms with van der Waals surface area (Å²) in [5, 5.41) is 6.00. The van der Waals surface area contributed by atoms with E-state index in [4.69, 9.17) is 24.0 Å². The number of rotatable bonds is 11. The summed E-state index contributed by atoms with van der Waals surface area (Å²) < 4.78 is 30.9. The molecule has 2 aromatic carbocycles. The van der Waals surface area contributed by atoms with E-state index in [0.717, 1.165) is 77.1 Å². The lowest BCUT2D eigenvalue weighted by Crippen LogP contribution is -2.52. The molecule has 5 atom stereocenters. The van der Waals surface area contributed by atoms with Crippen molar-refractivity contribution in [1.82, 2.24) is 15.5 Å². The van der Waals surface area contributed by atoms with Gasteiger partial charge in [0, 0.05) is 51.5 Å². The fraction of sp³-hybridized carbons (Fsp3) is 0.632. The number of amides is 2. The van der Waals surface area contributed by atoms with Crippen molar-refractivity contribution in [2.75, 3.05) is 72.4 Å². The van der Waals surface area contributed by atoms with Crippen LogP contribution in [0.2, 0.25) is 0 Å². The molecule has 7 rings (SSSR count). The first-order valence-corrected chi connectivity index (χ1v) is 18.2. The summed E-state index contributed by atoms with van der Waals surface area (Å²) >= 11 is 0. The molecule has 5 unspecified atom stereocenters. The van der Waals surface area contributed by atoms with Crippen molar-refractivity contribution in [3.8, 4) is 5.75 Å². The van der Waals surface area contributed by atoms with Crippen LogP contribution in [0, 0.1) is 23.1 Å². The number of morpholine rings is 1. The van der Waals surface area contributed by atoms with Crippen molar-refractivity contribution >= 4 is 11.8 Å². The number of nitrogens with one attached hydrogen (secondary N) is 2. The molecule has 49 heavy (non-hydrogen) atoms. The number of carbonyl (C=O) groups excluding carboxylic acids is 2. The van der Waals surface area contributed by atoms with Gasteiger partial charge in [0.05, 0.1) is 31.3 Å². The molecular weight excluding hydrogens is 629 g/mol. The number of halogens is 1. The van der Waals surface area contributed by atoms with Crippen molar-refractivity contribution in [2.24, 2.45) is 17.3 Å². The number of hydrogen-bond acceptors (Lipinski definition) is 8. The molecule has 2 saturated carbocycles. The number of carbonyl (C=O) groups is 2. The predicted molar refractivity (Wildman–Crippen MR) is 182 cm³/mol. The highest BCUT2D eigenvalue weighted by Gasteiger charge is 2.51. The van der Waals surface area contributed by atoms with Gasteiger partial charge in [0.15, 0.2) is 0 Å². The lowest BCUT2D eigenvalue weighted by atomic mass is 9.58. The first kappa shape index (κ1) is 35.7. The molecule has 0 aromatic heterocycles. The summed E-state index contributed by atoms with van der Waals surface area (Å²) in [5.74, 6) is 1.28. The Kier molecular flexibility index (Phi) is 12.9. The third-order valence-electron chi connectivity index (χ3n) is 10.6. The molecule has 2 aromatic rings. The first-order chi connectivity index (χ1) is 24.0. The molecule has 10 nitrogen and oxygen atoms in total. The van der Waals surface area contributed by atoms with E-state index < -0.39 is 5.41 Å².